The third kappa shape index (κ3) is 2.38. The maximum atomic E-state index is 10.0. The standard InChI is InChI=1S/C18H17NOS/c20-16-7-2-4-13-14(16)5-1-6-15(13)19-18(12-9-10-12)17-8-3-11-21-17/h1-8,11-12,18-20H,9-10H2. The molecule has 0 radical (unpaired) electrons. The quantitative estimate of drug-likeness (QED) is 0.696. The van der Waals surface area contributed by atoms with Crippen molar-refractivity contribution in [3.8, 4) is 5.75 Å². The predicted molar refractivity (Wildman–Crippen MR) is 89.0 cm³/mol. The summed E-state index contributed by atoms with van der Waals surface area (Å²) in [4.78, 5) is 1.40. The molecule has 1 aromatic heterocycles. The average molecular weight is 295 g/mol. The highest BCUT2D eigenvalue weighted by Gasteiger charge is 2.33. The van der Waals surface area contributed by atoms with Crippen LogP contribution in [0.2, 0.25) is 0 Å². The van der Waals surface area contributed by atoms with E-state index in [0.29, 0.717) is 11.8 Å². The fourth-order valence-corrected chi connectivity index (χ4v) is 3.78. The van der Waals surface area contributed by atoms with E-state index < -0.39 is 0 Å². The first-order valence-electron chi connectivity index (χ1n) is 7.33. The van der Waals surface area contributed by atoms with E-state index in [0.717, 1.165) is 22.4 Å². The number of hydrogen-bond donors (Lipinski definition) is 2. The molecule has 106 valence electrons. The molecule has 3 aromatic rings. The molecular weight excluding hydrogens is 278 g/mol. The van der Waals surface area contributed by atoms with Crippen LogP contribution in [0.1, 0.15) is 23.8 Å². The van der Waals surface area contributed by atoms with Crippen molar-refractivity contribution in [1.29, 1.82) is 0 Å². The zero-order valence-electron chi connectivity index (χ0n) is 11.6. The highest BCUT2D eigenvalue weighted by Crippen LogP contribution is 2.45. The predicted octanol–water partition coefficient (Wildman–Crippen LogP) is 5.17. The van der Waals surface area contributed by atoms with E-state index in [1.54, 1.807) is 6.07 Å². The van der Waals surface area contributed by atoms with Crippen LogP contribution >= 0.6 is 11.3 Å². The first-order chi connectivity index (χ1) is 10.3. The van der Waals surface area contributed by atoms with Crippen molar-refractivity contribution in [1.82, 2.24) is 0 Å². The van der Waals surface area contributed by atoms with Gasteiger partial charge in [-0.1, -0.05) is 30.3 Å². The van der Waals surface area contributed by atoms with E-state index in [2.05, 4.69) is 35.0 Å². The van der Waals surface area contributed by atoms with Crippen LogP contribution in [-0.2, 0) is 0 Å². The van der Waals surface area contributed by atoms with Gasteiger partial charge in [-0.25, -0.2) is 0 Å². The van der Waals surface area contributed by atoms with Crippen LogP contribution in [-0.4, -0.2) is 5.11 Å². The Labute approximate surface area is 128 Å². The summed E-state index contributed by atoms with van der Waals surface area (Å²) in [6, 6.07) is 16.5. The molecule has 2 N–H and O–H groups in total. The van der Waals surface area contributed by atoms with E-state index in [-0.39, 0.29) is 0 Å². The van der Waals surface area contributed by atoms with Crippen LogP contribution in [0.5, 0.6) is 5.75 Å². The molecule has 0 saturated heterocycles. The Bertz CT molecular complexity index is 762. The van der Waals surface area contributed by atoms with Gasteiger partial charge in [-0.3, -0.25) is 0 Å². The number of phenols is 1. The number of thiophene rings is 1. The van der Waals surface area contributed by atoms with E-state index in [4.69, 9.17) is 0 Å². The van der Waals surface area contributed by atoms with Crippen LogP contribution < -0.4 is 5.32 Å². The summed E-state index contributed by atoms with van der Waals surface area (Å²) in [6.45, 7) is 0. The first kappa shape index (κ1) is 12.7. The molecule has 1 aliphatic rings. The molecular formula is C18H17NOS. The maximum absolute atomic E-state index is 10.0. The largest absolute Gasteiger partial charge is 0.507 e. The number of fused-ring (bicyclic) bond motifs is 1. The second-order valence-electron chi connectivity index (χ2n) is 5.65. The second-order valence-corrected chi connectivity index (χ2v) is 6.63. The normalized spacial score (nSPS) is 16.0. The minimum Gasteiger partial charge on any atom is -0.507 e. The Kier molecular flexibility index (Phi) is 3.08. The van der Waals surface area contributed by atoms with Crippen molar-refractivity contribution in [2.24, 2.45) is 5.92 Å². The molecule has 0 bridgehead atoms. The summed E-state index contributed by atoms with van der Waals surface area (Å²) >= 11 is 1.82. The fourth-order valence-electron chi connectivity index (χ4n) is 2.91. The van der Waals surface area contributed by atoms with Crippen molar-refractivity contribution >= 4 is 27.8 Å². The Hall–Kier alpha value is -2.00. The smallest absolute Gasteiger partial charge is 0.123 e. The zero-order chi connectivity index (χ0) is 14.2. The summed E-state index contributed by atoms with van der Waals surface area (Å²) < 4.78 is 0. The van der Waals surface area contributed by atoms with Gasteiger partial charge in [0.05, 0.1) is 6.04 Å². The Balaban J connectivity index is 1.75. The number of anilines is 1. The van der Waals surface area contributed by atoms with Gasteiger partial charge in [-0.05, 0) is 42.3 Å². The molecule has 1 unspecified atom stereocenters. The summed E-state index contributed by atoms with van der Waals surface area (Å²) in [5.41, 5.74) is 1.11. The molecule has 0 spiro atoms. The van der Waals surface area contributed by atoms with Crippen molar-refractivity contribution in [3.05, 3.63) is 58.8 Å². The summed E-state index contributed by atoms with van der Waals surface area (Å²) in [6.07, 6.45) is 2.59. The minimum atomic E-state index is 0.343. The van der Waals surface area contributed by atoms with Gasteiger partial charge in [0.1, 0.15) is 5.75 Å². The van der Waals surface area contributed by atoms with Gasteiger partial charge in [0, 0.05) is 21.3 Å². The number of phenolic OH excluding ortho intramolecular Hbond substituents is 1. The summed E-state index contributed by atoms with van der Waals surface area (Å²) in [5.74, 6) is 1.08. The number of hydrogen-bond acceptors (Lipinski definition) is 3. The highest BCUT2D eigenvalue weighted by molar-refractivity contribution is 7.10. The van der Waals surface area contributed by atoms with Gasteiger partial charge in [0.2, 0.25) is 0 Å². The molecule has 2 nitrogen and oxygen atoms in total. The maximum Gasteiger partial charge on any atom is 0.123 e. The molecule has 0 aliphatic heterocycles. The lowest BCUT2D eigenvalue weighted by atomic mass is 10.1. The molecule has 0 amide bonds. The third-order valence-corrected chi connectivity index (χ3v) is 5.11. The molecule has 3 heteroatoms. The zero-order valence-corrected chi connectivity index (χ0v) is 12.4. The number of benzene rings is 2. The van der Waals surface area contributed by atoms with Gasteiger partial charge in [-0.2, -0.15) is 0 Å². The second kappa shape index (κ2) is 5.08. The van der Waals surface area contributed by atoms with Crippen molar-refractivity contribution in [3.63, 3.8) is 0 Å². The molecule has 1 fully saturated rings. The first-order valence-corrected chi connectivity index (χ1v) is 8.21. The molecule has 1 saturated carbocycles. The van der Waals surface area contributed by atoms with Crippen LogP contribution in [0.3, 0.4) is 0 Å². The van der Waals surface area contributed by atoms with Gasteiger partial charge in [0.25, 0.3) is 0 Å². The van der Waals surface area contributed by atoms with E-state index >= 15 is 0 Å². The summed E-state index contributed by atoms with van der Waals surface area (Å²) in [5, 5.41) is 17.9. The van der Waals surface area contributed by atoms with Crippen molar-refractivity contribution in [2.45, 2.75) is 18.9 Å². The number of nitrogens with one attached hydrogen (secondary N) is 1. The Morgan fingerprint density at radius 2 is 1.81 bits per heavy atom. The monoisotopic (exact) mass is 295 g/mol. The lowest BCUT2D eigenvalue weighted by molar-refractivity contribution is 0.481. The fraction of sp³-hybridized carbons (Fsp3) is 0.222. The number of rotatable bonds is 4. The molecule has 1 atom stereocenters. The average Bonchev–Trinajstić information content (AvgIpc) is 3.20. The van der Waals surface area contributed by atoms with Gasteiger partial charge in [0.15, 0.2) is 0 Å². The van der Waals surface area contributed by atoms with Crippen LogP contribution in [0.4, 0.5) is 5.69 Å². The lowest BCUT2D eigenvalue weighted by Gasteiger charge is -2.20. The van der Waals surface area contributed by atoms with Crippen molar-refractivity contribution < 1.29 is 5.11 Å². The third-order valence-electron chi connectivity index (χ3n) is 4.15. The Morgan fingerprint density at radius 3 is 2.57 bits per heavy atom. The minimum absolute atomic E-state index is 0.343. The van der Waals surface area contributed by atoms with E-state index in [1.807, 2.05) is 29.5 Å². The van der Waals surface area contributed by atoms with Gasteiger partial charge in [-0.15, -0.1) is 11.3 Å². The van der Waals surface area contributed by atoms with Crippen LogP contribution in [0, 0.1) is 5.92 Å². The highest BCUT2D eigenvalue weighted by atomic mass is 32.1. The topological polar surface area (TPSA) is 32.3 Å². The van der Waals surface area contributed by atoms with Gasteiger partial charge >= 0.3 is 0 Å². The number of aromatic hydroxyl groups is 1. The molecule has 21 heavy (non-hydrogen) atoms. The van der Waals surface area contributed by atoms with Crippen LogP contribution in [0.15, 0.2) is 53.9 Å². The SMILES string of the molecule is Oc1cccc2c(NC(c3cccs3)C3CC3)cccc12. The molecule has 1 heterocycles. The van der Waals surface area contributed by atoms with E-state index in [9.17, 15) is 5.11 Å². The van der Waals surface area contributed by atoms with E-state index in [1.165, 1.54) is 17.7 Å². The lowest BCUT2D eigenvalue weighted by Crippen LogP contribution is -2.11. The van der Waals surface area contributed by atoms with Gasteiger partial charge < -0.3 is 10.4 Å². The molecule has 4 rings (SSSR count). The summed E-state index contributed by atoms with van der Waals surface area (Å²) in [7, 11) is 0. The van der Waals surface area contributed by atoms with Crippen LogP contribution in [0.25, 0.3) is 10.8 Å². The molecule has 2 aromatic carbocycles. The molecule has 1 aliphatic carbocycles. The Morgan fingerprint density at radius 1 is 1.00 bits per heavy atom. The van der Waals surface area contributed by atoms with Crippen molar-refractivity contribution in [2.75, 3.05) is 5.32 Å².